The molecule has 2 aromatic carbocycles. The number of fused-ring (bicyclic) bond motifs is 1. The number of aromatic amines is 1. The number of furan rings is 1. The van der Waals surface area contributed by atoms with Crippen molar-refractivity contribution in [3.63, 3.8) is 0 Å². The van der Waals surface area contributed by atoms with Crippen molar-refractivity contribution in [3.05, 3.63) is 87.1 Å². The van der Waals surface area contributed by atoms with E-state index in [-0.39, 0.29) is 17.0 Å². The maximum Gasteiger partial charge on any atom is 0.259 e. The van der Waals surface area contributed by atoms with Gasteiger partial charge in [-0.05, 0) is 36.4 Å². The molecule has 130 valence electrons. The van der Waals surface area contributed by atoms with E-state index in [9.17, 15) is 10.1 Å². The van der Waals surface area contributed by atoms with Crippen LogP contribution in [0.3, 0.4) is 0 Å². The van der Waals surface area contributed by atoms with Gasteiger partial charge in [-0.15, -0.1) is 0 Å². The highest BCUT2D eigenvalue weighted by molar-refractivity contribution is 9.10. The first kappa shape index (κ1) is 17.0. The van der Waals surface area contributed by atoms with Gasteiger partial charge in [-0.25, -0.2) is 4.98 Å². The van der Waals surface area contributed by atoms with Crippen LogP contribution in [0, 0.1) is 11.3 Å². The Labute approximate surface area is 162 Å². The van der Waals surface area contributed by atoms with Crippen LogP contribution in [0.2, 0.25) is 0 Å². The molecule has 1 N–H and O–H groups in total. The normalized spacial score (nSPS) is 11.5. The van der Waals surface area contributed by atoms with Crippen molar-refractivity contribution in [2.45, 2.75) is 0 Å². The number of allylic oxidation sites excluding steroid dienone is 1. The smallest absolute Gasteiger partial charge is 0.259 e. The number of aromatic nitrogens is 2. The van der Waals surface area contributed by atoms with Gasteiger partial charge in [0.15, 0.2) is 5.82 Å². The molecule has 6 heteroatoms. The van der Waals surface area contributed by atoms with E-state index in [1.54, 1.807) is 36.4 Å². The molecule has 0 fully saturated rings. The summed E-state index contributed by atoms with van der Waals surface area (Å²) < 4.78 is 6.80. The molecule has 0 radical (unpaired) electrons. The maximum absolute atomic E-state index is 12.2. The van der Waals surface area contributed by atoms with E-state index in [2.05, 4.69) is 32.0 Å². The predicted molar refractivity (Wildman–Crippen MR) is 108 cm³/mol. The van der Waals surface area contributed by atoms with Crippen molar-refractivity contribution in [3.8, 4) is 17.4 Å². The Balaban J connectivity index is 1.73. The second-order valence-corrected chi connectivity index (χ2v) is 6.73. The highest BCUT2D eigenvalue weighted by Crippen LogP contribution is 2.26. The van der Waals surface area contributed by atoms with Gasteiger partial charge in [0, 0.05) is 16.1 Å². The van der Waals surface area contributed by atoms with Crippen LogP contribution in [-0.4, -0.2) is 9.97 Å². The number of rotatable bonds is 3. The minimum atomic E-state index is -0.285. The first-order valence-electron chi connectivity index (χ1n) is 8.11. The van der Waals surface area contributed by atoms with Gasteiger partial charge >= 0.3 is 0 Å². The lowest BCUT2D eigenvalue weighted by Gasteiger charge is -2.01. The van der Waals surface area contributed by atoms with Crippen molar-refractivity contribution in [2.75, 3.05) is 0 Å². The summed E-state index contributed by atoms with van der Waals surface area (Å²) in [7, 11) is 0. The van der Waals surface area contributed by atoms with E-state index in [1.165, 1.54) is 0 Å². The Bertz CT molecular complexity index is 1260. The highest BCUT2D eigenvalue weighted by Gasteiger charge is 2.10. The lowest BCUT2D eigenvalue weighted by molar-refractivity contribution is 0.572. The van der Waals surface area contributed by atoms with Crippen LogP contribution >= 0.6 is 15.9 Å². The molecule has 0 aliphatic carbocycles. The van der Waals surface area contributed by atoms with Crippen LogP contribution in [0.1, 0.15) is 11.6 Å². The number of hydrogen-bond acceptors (Lipinski definition) is 4. The quantitative estimate of drug-likeness (QED) is 0.474. The predicted octanol–water partition coefficient (Wildman–Crippen LogP) is 5.01. The summed E-state index contributed by atoms with van der Waals surface area (Å²) >= 11 is 3.40. The molecular formula is C21H12BrN3O2. The Morgan fingerprint density at radius 1 is 1.11 bits per heavy atom. The van der Waals surface area contributed by atoms with Crippen LogP contribution in [-0.2, 0) is 0 Å². The topological polar surface area (TPSA) is 82.7 Å². The molecule has 2 aromatic heterocycles. The third kappa shape index (κ3) is 3.46. The lowest BCUT2D eigenvalue weighted by Crippen LogP contribution is -2.11. The molecular weight excluding hydrogens is 406 g/mol. The van der Waals surface area contributed by atoms with Crippen molar-refractivity contribution >= 4 is 38.5 Å². The van der Waals surface area contributed by atoms with Crippen molar-refractivity contribution in [1.29, 1.82) is 5.26 Å². The average Bonchev–Trinajstić information content (AvgIpc) is 3.15. The van der Waals surface area contributed by atoms with E-state index in [4.69, 9.17) is 4.42 Å². The SMILES string of the molecule is N#C/C(=C\c1ccc(-c2ccc(Br)cc2)o1)c1nc2ccccc2c(=O)[nH]1. The Morgan fingerprint density at radius 2 is 1.89 bits per heavy atom. The van der Waals surface area contributed by atoms with Gasteiger partial charge in [0.1, 0.15) is 17.6 Å². The van der Waals surface area contributed by atoms with Crippen molar-refractivity contribution in [2.24, 2.45) is 0 Å². The Kier molecular flexibility index (Phi) is 4.45. The van der Waals surface area contributed by atoms with E-state index >= 15 is 0 Å². The molecule has 0 saturated heterocycles. The zero-order valence-corrected chi connectivity index (χ0v) is 15.5. The molecule has 0 saturated carbocycles. The summed E-state index contributed by atoms with van der Waals surface area (Å²) in [5.41, 5.74) is 1.39. The third-order valence-electron chi connectivity index (χ3n) is 4.03. The van der Waals surface area contributed by atoms with Crippen LogP contribution in [0.15, 0.2) is 74.3 Å². The van der Waals surface area contributed by atoms with E-state index in [1.807, 2.05) is 30.3 Å². The number of benzene rings is 2. The Morgan fingerprint density at radius 3 is 2.67 bits per heavy atom. The first-order chi connectivity index (χ1) is 13.1. The summed E-state index contributed by atoms with van der Waals surface area (Å²) in [6.07, 6.45) is 1.56. The summed E-state index contributed by atoms with van der Waals surface area (Å²) in [4.78, 5) is 19.3. The zero-order chi connectivity index (χ0) is 18.8. The molecule has 2 heterocycles. The average molecular weight is 418 g/mol. The summed E-state index contributed by atoms with van der Waals surface area (Å²) in [6.45, 7) is 0. The van der Waals surface area contributed by atoms with Gasteiger partial charge < -0.3 is 9.40 Å². The fourth-order valence-corrected chi connectivity index (χ4v) is 2.97. The molecule has 4 rings (SSSR count). The molecule has 0 bridgehead atoms. The standard InChI is InChI=1S/C21H12BrN3O2/c22-15-7-5-13(6-8-15)19-10-9-16(27-19)11-14(12-23)20-24-18-4-2-1-3-17(18)21(26)25-20/h1-11H,(H,24,25,26)/b14-11+. The van der Waals surface area contributed by atoms with E-state index in [0.29, 0.717) is 22.4 Å². The zero-order valence-electron chi connectivity index (χ0n) is 13.9. The van der Waals surface area contributed by atoms with Crippen LogP contribution in [0.5, 0.6) is 0 Å². The van der Waals surface area contributed by atoms with Gasteiger partial charge in [-0.1, -0.05) is 40.2 Å². The largest absolute Gasteiger partial charge is 0.457 e. The second-order valence-electron chi connectivity index (χ2n) is 5.81. The minimum Gasteiger partial charge on any atom is -0.457 e. The molecule has 0 amide bonds. The minimum absolute atomic E-state index is 0.211. The van der Waals surface area contributed by atoms with Crippen LogP contribution < -0.4 is 5.56 Å². The number of nitrogens with zero attached hydrogens (tertiary/aromatic N) is 2. The van der Waals surface area contributed by atoms with Gasteiger partial charge in [0.2, 0.25) is 0 Å². The van der Waals surface area contributed by atoms with E-state index < -0.39 is 0 Å². The molecule has 0 aliphatic rings. The maximum atomic E-state index is 12.2. The highest BCUT2D eigenvalue weighted by atomic mass is 79.9. The summed E-state index contributed by atoms with van der Waals surface area (Å²) in [5, 5.41) is 10.0. The summed E-state index contributed by atoms with van der Waals surface area (Å²) in [5.74, 6) is 1.40. The molecule has 5 nitrogen and oxygen atoms in total. The summed E-state index contributed by atoms with van der Waals surface area (Å²) in [6, 6.07) is 20.4. The first-order valence-corrected chi connectivity index (χ1v) is 8.90. The molecule has 0 unspecified atom stereocenters. The van der Waals surface area contributed by atoms with Crippen molar-refractivity contribution < 1.29 is 4.42 Å². The van der Waals surface area contributed by atoms with Gasteiger partial charge in [-0.3, -0.25) is 4.79 Å². The van der Waals surface area contributed by atoms with Gasteiger partial charge in [0.25, 0.3) is 5.56 Å². The second kappa shape index (κ2) is 7.06. The Hall–Kier alpha value is -3.43. The van der Waals surface area contributed by atoms with Gasteiger partial charge in [-0.2, -0.15) is 5.26 Å². The lowest BCUT2D eigenvalue weighted by atomic mass is 10.2. The number of halogens is 1. The van der Waals surface area contributed by atoms with Gasteiger partial charge in [0.05, 0.1) is 16.5 Å². The number of nitriles is 1. The fourth-order valence-electron chi connectivity index (χ4n) is 2.71. The van der Waals surface area contributed by atoms with Crippen LogP contribution in [0.4, 0.5) is 0 Å². The van der Waals surface area contributed by atoms with Crippen molar-refractivity contribution in [1.82, 2.24) is 9.97 Å². The fraction of sp³-hybridized carbons (Fsp3) is 0. The van der Waals surface area contributed by atoms with Crippen LogP contribution in [0.25, 0.3) is 33.9 Å². The molecule has 0 spiro atoms. The van der Waals surface area contributed by atoms with E-state index in [0.717, 1.165) is 10.0 Å². The molecule has 0 atom stereocenters. The molecule has 4 aromatic rings. The third-order valence-corrected chi connectivity index (χ3v) is 4.56. The molecule has 0 aliphatic heterocycles. The number of para-hydroxylation sites is 1. The number of hydrogen-bond donors (Lipinski definition) is 1. The molecule has 27 heavy (non-hydrogen) atoms. The monoisotopic (exact) mass is 417 g/mol. The number of nitrogens with one attached hydrogen (secondary N) is 1. The number of H-pyrrole nitrogens is 1.